The molecule has 0 aliphatic carbocycles. The molecule has 2 fully saturated rings. The predicted molar refractivity (Wildman–Crippen MR) is 45.1 cm³/mol. The van der Waals surface area contributed by atoms with E-state index in [4.69, 9.17) is 14.0 Å². The summed E-state index contributed by atoms with van der Waals surface area (Å²) in [6, 6.07) is -1.21. The Labute approximate surface area is 85.7 Å². The molecule has 2 aliphatic rings. The van der Waals surface area contributed by atoms with Crippen LogP contribution in [0.1, 0.15) is 0 Å². The van der Waals surface area contributed by atoms with Crippen molar-refractivity contribution in [1.82, 2.24) is 4.72 Å². The lowest BCUT2D eigenvalue weighted by molar-refractivity contribution is -0.181. The first-order valence-electron chi connectivity index (χ1n) is 4.26. The highest BCUT2D eigenvalue weighted by Crippen LogP contribution is 2.28. The predicted octanol–water partition coefficient (Wildman–Crippen LogP) is -2.78. The molecule has 2 bridgehead atoms. The highest BCUT2D eigenvalue weighted by molar-refractivity contribution is 7.83. The van der Waals surface area contributed by atoms with Crippen LogP contribution in [0, 0.1) is 0 Å². The number of aliphatic hydroxyl groups excluding tert-OH is 2. The molecule has 0 unspecified atom stereocenters. The second kappa shape index (κ2) is 3.63. The summed E-state index contributed by atoms with van der Waals surface area (Å²) in [5.74, 6) is 0. The van der Waals surface area contributed by atoms with Gasteiger partial charge in [0.05, 0.1) is 6.61 Å². The number of ether oxygens (including phenoxy) is 2. The minimum Gasteiger partial charge on any atom is -0.388 e. The van der Waals surface area contributed by atoms with Crippen molar-refractivity contribution < 1.29 is 32.7 Å². The summed E-state index contributed by atoms with van der Waals surface area (Å²) in [6.45, 7) is 0.0759. The van der Waals surface area contributed by atoms with Gasteiger partial charge in [0.1, 0.15) is 24.4 Å². The minimum atomic E-state index is -4.49. The fourth-order valence-corrected chi connectivity index (χ4v) is 2.29. The van der Waals surface area contributed by atoms with Gasteiger partial charge in [-0.2, -0.15) is 13.1 Å². The van der Waals surface area contributed by atoms with Crippen LogP contribution in [-0.2, 0) is 19.8 Å². The lowest BCUT2D eigenvalue weighted by atomic mass is 10.00. The van der Waals surface area contributed by atoms with Crippen LogP contribution in [0.3, 0.4) is 0 Å². The number of nitrogens with one attached hydrogen (secondary N) is 1. The van der Waals surface area contributed by atoms with Crippen molar-refractivity contribution in [2.24, 2.45) is 0 Å². The Bertz CT molecular complexity index is 343. The molecule has 0 aromatic heterocycles. The molecule has 0 saturated carbocycles. The topological polar surface area (TPSA) is 125 Å². The lowest BCUT2D eigenvalue weighted by Gasteiger charge is -2.35. The van der Waals surface area contributed by atoms with Crippen molar-refractivity contribution in [3.63, 3.8) is 0 Å². The third kappa shape index (κ3) is 2.13. The SMILES string of the molecule is O=S(=O)(O)N[C@H]1[C@@H]2OC[C@@H](O2)[C@@H](O)[C@@H]1O. The van der Waals surface area contributed by atoms with Crippen LogP contribution in [0.15, 0.2) is 0 Å². The van der Waals surface area contributed by atoms with E-state index in [2.05, 4.69) is 0 Å². The average Bonchev–Trinajstić information content (AvgIpc) is 2.54. The van der Waals surface area contributed by atoms with E-state index in [0.717, 1.165) is 0 Å². The number of hydrogen-bond donors (Lipinski definition) is 4. The van der Waals surface area contributed by atoms with Gasteiger partial charge in [0.25, 0.3) is 0 Å². The maximum absolute atomic E-state index is 10.6. The Morgan fingerprint density at radius 1 is 1.27 bits per heavy atom. The highest BCUT2D eigenvalue weighted by Gasteiger charge is 2.50. The number of hydrogen-bond acceptors (Lipinski definition) is 6. The van der Waals surface area contributed by atoms with Gasteiger partial charge in [-0.15, -0.1) is 0 Å². The third-order valence-corrected chi connectivity index (χ3v) is 2.98. The maximum Gasteiger partial charge on any atom is 0.333 e. The fraction of sp³-hybridized carbons (Fsp3) is 1.00. The average molecular weight is 241 g/mol. The van der Waals surface area contributed by atoms with E-state index < -0.39 is 40.9 Å². The molecular formula is C6H11NO7S. The molecule has 2 aliphatic heterocycles. The number of aliphatic hydroxyl groups is 2. The summed E-state index contributed by atoms with van der Waals surface area (Å²) < 4.78 is 41.5. The van der Waals surface area contributed by atoms with Crippen LogP contribution in [0.2, 0.25) is 0 Å². The van der Waals surface area contributed by atoms with E-state index in [-0.39, 0.29) is 6.61 Å². The quantitative estimate of drug-likeness (QED) is 0.385. The van der Waals surface area contributed by atoms with Gasteiger partial charge in [-0.1, -0.05) is 0 Å². The van der Waals surface area contributed by atoms with E-state index >= 15 is 0 Å². The summed E-state index contributed by atoms with van der Waals surface area (Å²) >= 11 is 0. The zero-order chi connectivity index (χ0) is 11.2. The summed E-state index contributed by atoms with van der Waals surface area (Å²) in [5, 5.41) is 19.0. The largest absolute Gasteiger partial charge is 0.388 e. The molecule has 0 aromatic carbocycles. The smallest absolute Gasteiger partial charge is 0.333 e. The van der Waals surface area contributed by atoms with E-state index in [1.165, 1.54) is 0 Å². The summed E-state index contributed by atoms with van der Waals surface area (Å²) in [4.78, 5) is 0. The van der Waals surface area contributed by atoms with Gasteiger partial charge < -0.3 is 19.7 Å². The van der Waals surface area contributed by atoms with Crippen molar-refractivity contribution in [1.29, 1.82) is 0 Å². The Hall–Kier alpha value is -0.290. The van der Waals surface area contributed by atoms with Crippen LogP contribution >= 0.6 is 0 Å². The summed E-state index contributed by atoms with van der Waals surface area (Å²) in [7, 11) is -4.49. The standard InChI is InChI=1S/C6H11NO7S/c8-4-2-1-13-6(14-2)3(5(4)9)7-15(10,11)12/h2-9H,1H2,(H,10,11,12)/t2-,3-,4-,5-,6-/m1/s1. The molecule has 15 heavy (non-hydrogen) atoms. The molecular weight excluding hydrogens is 230 g/mol. The molecule has 2 saturated heterocycles. The van der Waals surface area contributed by atoms with Crippen LogP contribution in [0.5, 0.6) is 0 Å². The highest BCUT2D eigenvalue weighted by atomic mass is 32.2. The van der Waals surface area contributed by atoms with Crippen LogP contribution in [0.4, 0.5) is 0 Å². The normalized spacial score (nSPS) is 45.7. The Morgan fingerprint density at radius 2 is 1.93 bits per heavy atom. The van der Waals surface area contributed by atoms with Crippen molar-refractivity contribution >= 4 is 10.3 Å². The molecule has 2 rings (SSSR count). The minimum absolute atomic E-state index is 0.0759. The van der Waals surface area contributed by atoms with E-state index in [9.17, 15) is 18.6 Å². The molecule has 5 atom stereocenters. The third-order valence-electron chi connectivity index (χ3n) is 2.41. The van der Waals surface area contributed by atoms with Gasteiger partial charge in [-0.3, -0.25) is 4.55 Å². The van der Waals surface area contributed by atoms with Gasteiger partial charge in [-0.05, 0) is 0 Å². The first kappa shape index (κ1) is 11.2. The van der Waals surface area contributed by atoms with Gasteiger partial charge in [0.15, 0.2) is 6.29 Å². The van der Waals surface area contributed by atoms with Crippen molar-refractivity contribution in [3.8, 4) is 0 Å². The molecule has 88 valence electrons. The first-order chi connectivity index (χ1) is 6.88. The molecule has 2 heterocycles. The van der Waals surface area contributed by atoms with Gasteiger partial charge in [0, 0.05) is 0 Å². The van der Waals surface area contributed by atoms with E-state index in [1.54, 1.807) is 4.72 Å². The van der Waals surface area contributed by atoms with Crippen molar-refractivity contribution in [2.45, 2.75) is 30.6 Å². The second-order valence-electron chi connectivity index (χ2n) is 3.48. The molecule has 0 radical (unpaired) electrons. The zero-order valence-corrected chi connectivity index (χ0v) is 8.29. The molecule has 8 nitrogen and oxygen atoms in total. The lowest BCUT2D eigenvalue weighted by Crippen LogP contribution is -2.60. The molecule has 0 aromatic rings. The van der Waals surface area contributed by atoms with Crippen LogP contribution in [0.25, 0.3) is 0 Å². The van der Waals surface area contributed by atoms with Crippen molar-refractivity contribution in [2.75, 3.05) is 6.61 Å². The summed E-state index contributed by atoms with van der Waals surface area (Å²) in [5.41, 5.74) is 0. The number of rotatable bonds is 2. The second-order valence-corrected chi connectivity index (χ2v) is 4.66. The molecule has 0 amide bonds. The molecule has 4 N–H and O–H groups in total. The first-order valence-corrected chi connectivity index (χ1v) is 5.70. The monoisotopic (exact) mass is 241 g/mol. The van der Waals surface area contributed by atoms with E-state index in [1.807, 2.05) is 0 Å². The molecule has 0 spiro atoms. The Balaban J connectivity index is 2.16. The maximum atomic E-state index is 10.6. The summed E-state index contributed by atoms with van der Waals surface area (Å²) in [6.07, 6.45) is -4.28. The Kier molecular flexibility index (Phi) is 2.71. The number of fused-ring (bicyclic) bond motifs is 2. The van der Waals surface area contributed by atoms with Crippen molar-refractivity contribution in [3.05, 3.63) is 0 Å². The van der Waals surface area contributed by atoms with Crippen LogP contribution in [-0.4, -0.2) is 60.4 Å². The van der Waals surface area contributed by atoms with Gasteiger partial charge in [-0.25, -0.2) is 0 Å². The van der Waals surface area contributed by atoms with Crippen LogP contribution < -0.4 is 4.72 Å². The van der Waals surface area contributed by atoms with E-state index in [0.29, 0.717) is 0 Å². The van der Waals surface area contributed by atoms with Gasteiger partial charge in [0.2, 0.25) is 0 Å². The fourth-order valence-electron chi connectivity index (χ4n) is 1.70. The van der Waals surface area contributed by atoms with Gasteiger partial charge >= 0.3 is 10.3 Å². The Morgan fingerprint density at radius 3 is 2.53 bits per heavy atom. The molecule has 9 heteroatoms. The zero-order valence-electron chi connectivity index (χ0n) is 7.48.